The first kappa shape index (κ1) is 32.8. The van der Waals surface area contributed by atoms with Gasteiger partial charge < -0.3 is 16.4 Å². The van der Waals surface area contributed by atoms with Crippen molar-refractivity contribution in [3.05, 3.63) is 47.7 Å². The molecule has 0 unspecified atom stereocenters. The third kappa shape index (κ3) is 7.70. The minimum atomic E-state index is -5.16. The van der Waals surface area contributed by atoms with E-state index in [1.165, 1.54) is 18.2 Å². The fourth-order valence-corrected chi connectivity index (χ4v) is 5.83. The SMILES string of the molecule is Nc1nc(Cl)nc(Nc2ccc(N=Nc3cc4c(S(=O)(=O)O)cc(S(=O)(=O)O)cc4cc3S(=O)(=O)O)c(NC(=O)CCl)c2)n1. The summed E-state index contributed by atoms with van der Waals surface area (Å²) < 4.78 is 101. The quantitative estimate of drug-likeness (QED) is 0.0826. The number of nitrogen functional groups attached to an aromatic ring is 1. The van der Waals surface area contributed by atoms with Gasteiger partial charge in [-0.1, -0.05) is 0 Å². The van der Waals surface area contributed by atoms with Crippen LogP contribution < -0.4 is 16.4 Å². The van der Waals surface area contributed by atoms with Crippen molar-refractivity contribution in [2.75, 3.05) is 22.2 Å². The van der Waals surface area contributed by atoms with E-state index in [0.29, 0.717) is 18.2 Å². The summed E-state index contributed by atoms with van der Waals surface area (Å²) in [6.07, 6.45) is 0. The van der Waals surface area contributed by atoms with E-state index in [9.17, 15) is 43.7 Å². The van der Waals surface area contributed by atoms with Gasteiger partial charge in [-0.05, 0) is 59.5 Å². The van der Waals surface area contributed by atoms with Crippen LogP contribution in [0.4, 0.5) is 34.6 Å². The minimum Gasteiger partial charge on any atom is -0.368 e. The molecule has 18 nitrogen and oxygen atoms in total. The Labute approximate surface area is 257 Å². The van der Waals surface area contributed by atoms with Crippen LogP contribution in [0.15, 0.2) is 67.4 Å². The van der Waals surface area contributed by atoms with Gasteiger partial charge in [-0.15, -0.1) is 21.8 Å². The maximum atomic E-state index is 12.2. The number of hydrogen-bond donors (Lipinski definition) is 6. The van der Waals surface area contributed by atoms with Gasteiger partial charge in [0.25, 0.3) is 30.4 Å². The van der Waals surface area contributed by atoms with Gasteiger partial charge in [-0.3, -0.25) is 18.5 Å². The van der Waals surface area contributed by atoms with Crippen LogP contribution in [0.1, 0.15) is 0 Å². The highest BCUT2D eigenvalue weighted by Crippen LogP contribution is 2.37. The smallest absolute Gasteiger partial charge is 0.296 e. The number of nitrogens with zero attached hydrogens (tertiary/aromatic N) is 5. The van der Waals surface area contributed by atoms with Crippen molar-refractivity contribution in [1.29, 1.82) is 0 Å². The van der Waals surface area contributed by atoms with Gasteiger partial charge in [0.2, 0.25) is 23.1 Å². The van der Waals surface area contributed by atoms with Gasteiger partial charge in [-0.25, -0.2) is 0 Å². The zero-order chi connectivity index (χ0) is 32.6. The molecular formula is C21H16Cl2N8O10S3. The molecule has 232 valence electrons. The summed E-state index contributed by atoms with van der Waals surface area (Å²) in [4.78, 5) is 20.4. The highest BCUT2D eigenvalue weighted by molar-refractivity contribution is 7.87. The fraction of sp³-hybridized carbons (Fsp3) is 0.0476. The van der Waals surface area contributed by atoms with Crippen molar-refractivity contribution < 1.29 is 43.7 Å². The number of benzene rings is 3. The van der Waals surface area contributed by atoms with E-state index in [4.69, 9.17) is 28.9 Å². The second-order valence-electron chi connectivity index (χ2n) is 8.41. The third-order valence-corrected chi connectivity index (χ3v) is 8.38. The van der Waals surface area contributed by atoms with E-state index in [-0.39, 0.29) is 34.2 Å². The van der Waals surface area contributed by atoms with Crippen LogP contribution in [-0.2, 0) is 35.1 Å². The van der Waals surface area contributed by atoms with E-state index in [1.807, 2.05) is 0 Å². The second-order valence-corrected chi connectivity index (χ2v) is 13.2. The third-order valence-electron chi connectivity index (χ3n) is 5.36. The number of nitrogens with two attached hydrogens (primary N) is 1. The van der Waals surface area contributed by atoms with Crippen molar-refractivity contribution in [3.8, 4) is 0 Å². The Bertz CT molecular complexity index is 2180. The molecule has 1 amide bonds. The average Bonchev–Trinajstić information content (AvgIpc) is 2.89. The van der Waals surface area contributed by atoms with Crippen molar-refractivity contribution in [3.63, 3.8) is 0 Å². The minimum absolute atomic E-state index is 0.0388. The molecule has 4 aromatic rings. The number of carbonyl (C=O) groups excluding carboxylic acids is 1. The van der Waals surface area contributed by atoms with Gasteiger partial charge in [0.15, 0.2) is 0 Å². The van der Waals surface area contributed by atoms with E-state index in [2.05, 4.69) is 35.8 Å². The second kappa shape index (κ2) is 12.1. The molecule has 0 aliphatic rings. The molecule has 0 aliphatic heterocycles. The number of nitrogens with one attached hydrogen (secondary N) is 2. The van der Waals surface area contributed by atoms with Crippen LogP contribution in [0.2, 0.25) is 5.28 Å². The zero-order valence-corrected chi connectivity index (χ0v) is 25.2. The van der Waals surface area contributed by atoms with E-state index in [1.54, 1.807) is 0 Å². The number of amides is 1. The van der Waals surface area contributed by atoms with Crippen LogP contribution in [0.5, 0.6) is 0 Å². The average molecular weight is 708 g/mol. The topological polar surface area (TPSA) is 294 Å². The highest BCUT2D eigenvalue weighted by Gasteiger charge is 2.24. The number of aromatic nitrogens is 3. The molecule has 0 bridgehead atoms. The Morgan fingerprint density at radius 3 is 2.09 bits per heavy atom. The first-order valence-corrected chi connectivity index (χ1v) is 16.5. The van der Waals surface area contributed by atoms with E-state index >= 15 is 0 Å². The first-order valence-electron chi connectivity index (χ1n) is 11.2. The number of alkyl halides is 1. The van der Waals surface area contributed by atoms with Crippen LogP contribution in [0.25, 0.3) is 10.8 Å². The van der Waals surface area contributed by atoms with Crippen LogP contribution >= 0.6 is 23.2 Å². The van der Waals surface area contributed by atoms with E-state index in [0.717, 1.165) is 6.07 Å². The number of halogens is 2. The molecule has 1 heterocycles. The Morgan fingerprint density at radius 2 is 1.50 bits per heavy atom. The lowest BCUT2D eigenvalue weighted by atomic mass is 10.1. The van der Waals surface area contributed by atoms with Gasteiger partial charge >= 0.3 is 0 Å². The fourth-order valence-electron chi connectivity index (χ4n) is 3.61. The van der Waals surface area contributed by atoms with Crippen molar-refractivity contribution in [2.45, 2.75) is 14.7 Å². The predicted octanol–water partition coefficient (Wildman–Crippen LogP) is 3.34. The largest absolute Gasteiger partial charge is 0.368 e. The number of azo groups is 1. The summed E-state index contributed by atoms with van der Waals surface area (Å²) in [5.41, 5.74) is 4.99. The number of fused-ring (bicyclic) bond motifs is 1. The molecule has 1 aromatic heterocycles. The molecule has 0 saturated carbocycles. The van der Waals surface area contributed by atoms with Crippen molar-refractivity contribution >= 4 is 105 Å². The highest BCUT2D eigenvalue weighted by atomic mass is 35.5. The standard InChI is InChI=1S/C21H16Cl2N8O10S3/c22-8-18(32)26-14-5-10(25-21-28-19(23)27-20(24)29-21)1-2-13(14)30-31-15-7-12-9(4-17(15)44(39,40)41)3-11(42(33,34)35)6-16(12)43(36,37)38/h1-7H,8H2,(H,26,32)(H,33,34,35)(H,36,37,38)(H,39,40,41)(H3,24,25,27,28,29). The summed E-state index contributed by atoms with van der Waals surface area (Å²) >= 11 is 11.4. The lowest BCUT2D eigenvalue weighted by molar-refractivity contribution is -0.113. The zero-order valence-electron chi connectivity index (χ0n) is 21.2. The molecule has 0 aliphatic carbocycles. The lowest BCUT2D eigenvalue weighted by Crippen LogP contribution is -2.13. The molecule has 0 fully saturated rings. The maximum Gasteiger partial charge on any atom is 0.296 e. The van der Waals surface area contributed by atoms with Crippen LogP contribution in [0, 0.1) is 0 Å². The van der Waals surface area contributed by atoms with E-state index < -0.39 is 73.3 Å². The first-order chi connectivity index (χ1) is 20.3. The molecule has 23 heteroatoms. The summed E-state index contributed by atoms with van der Waals surface area (Å²) in [7, 11) is -15.3. The predicted molar refractivity (Wildman–Crippen MR) is 156 cm³/mol. The molecule has 4 rings (SSSR count). The van der Waals surface area contributed by atoms with Crippen LogP contribution in [0.3, 0.4) is 0 Å². The summed E-state index contributed by atoms with van der Waals surface area (Å²) in [5.74, 6) is -1.42. The number of anilines is 4. The molecule has 0 spiro atoms. The van der Waals surface area contributed by atoms with Gasteiger partial charge in [0.05, 0.1) is 10.6 Å². The van der Waals surface area contributed by atoms with Crippen LogP contribution in [-0.4, -0.2) is 65.7 Å². The summed E-state index contributed by atoms with van der Waals surface area (Å²) in [6.45, 7) is 0. The monoisotopic (exact) mass is 706 g/mol. The lowest BCUT2D eigenvalue weighted by Gasteiger charge is -2.12. The molecule has 7 N–H and O–H groups in total. The molecule has 3 aromatic carbocycles. The number of hydrogen-bond acceptors (Lipinski definition) is 14. The Balaban J connectivity index is 1.88. The summed E-state index contributed by atoms with van der Waals surface area (Å²) in [6, 6.07) is 6.57. The van der Waals surface area contributed by atoms with Crippen molar-refractivity contribution in [1.82, 2.24) is 15.0 Å². The molecule has 0 radical (unpaired) electrons. The van der Waals surface area contributed by atoms with Gasteiger partial charge in [0, 0.05) is 11.1 Å². The normalized spacial score (nSPS) is 12.5. The Hall–Kier alpha value is -4.09. The molecular weight excluding hydrogens is 691 g/mol. The molecule has 0 atom stereocenters. The Kier molecular flexibility index (Phi) is 9.04. The van der Waals surface area contributed by atoms with Gasteiger partial charge in [0.1, 0.15) is 27.0 Å². The molecule has 0 saturated heterocycles. The number of rotatable bonds is 9. The van der Waals surface area contributed by atoms with Crippen molar-refractivity contribution in [2.24, 2.45) is 10.2 Å². The summed E-state index contributed by atoms with van der Waals surface area (Å²) in [5, 5.41) is 11.8. The maximum absolute atomic E-state index is 12.2. The molecule has 44 heavy (non-hydrogen) atoms. The Morgan fingerprint density at radius 1 is 0.841 bits per heavy atom. The van der Waals surface area contributed by atoms with Gasteiger partial charge in [-0.2, -0.15) is 40.2 Å². The number of carbonyl (C=O) groups is 1.